The van der Waals surface area contributed by atoms with Gasteiger partial charge in [-0.1, -0.05) is 31.2 Å². The van der Waals surface area contributed by atoms with Crippen molar-refractivity contribution in [1.29, 1.82) is 0 Å². The summed E-state index contributed by atoms with van der Waals surface area (Å²) in [6, 6.07) is 14.0. The summed E-state index contributed by atoms with van der Waals surface area (Å²) < 4.78 is 15.7. The average Bonchev–Trinajstić information content (AvgIpc) is 3.04. The molecule has 0 radical (unpaired) electrons. The van der Waals surface area contributed by atoms with E-state index in [1.165, 1.54) is 6.08 Å². The molecule has 1 heterocycles. The van der Waals surface area contributed by atoms with Crippen molar-refractivity contribution in [3.8, 4) is 11.5 Å². The highest BCUT2D eigenvalue weighted by atomic mass is 16.6. The SMILES string of the molecule is CCC(=O)Oc1ccccc1/C=C1\N=C(c2cccc(OC)c2)OC1=O. The normalized spacial score (nSPS) is 14.8. The Bertz CT molecular complexity index is 914. The number of hydrogen-bond acceptors (Lipinski definition) is 6. The van der Waals surface area contributed by atoms with E-state index < -0.39 is 5.97 Å². The number of cyclic esters (lactones) is 1. The van der Waals surface area contributed by atoms with Crippen molar-refractivity contribution < 1.29 is 23.8 Å². The molecule has 0 saturated carbocycles. The fourth-order valence-corrected chi connectivity index (χ4v) is 2.32. The van der Waals surface area contributed by atoms with Crippen molar-refractivity contribution in [2.24, 2.45) is 4.99 Å². The number of benzene rings is 2. The first-order chi connectivity index (χ1) is 12.6. The number of para-hydroxylation sites is 1. The van der Waals surface area contributed by atoms with Gasteiger partial charge >= 0.3 is 11.9 Å². The molecule has 6 heteroatoms. The molecule has 0 aliphatic carbocycles. The van der Waals surface area contributed by atoms with Gasteiger partial charge in [-0.05, 0) is 30.3 Å². The second-order valence-corrected chi connectivity index (χ2v) is 5.43. The maximum atomic E-state index is 12.2. The van der Waals surface area contributed by atoms with E-state index in [9.17, 15) is 9.59 Å². The van der Waals surface area contributed by atoms with Gasteiger partial charge in [-0.3, -0.25) is 4.79 Å². The molecule has 0 fully saturated rings. The molecule has 3 rings (SSSR count). The van der Waals surface area contributed by atoms with Crippen LogP contribution in [0.4, 0.5) is 0 Å². The molecular weight excluding hydrogens is 334 g/mol. The number of methoxy groups -OCH3 is 1. The van der Waals surface area contributed by atoms with Gasteiger partial charge in [0, 0.05) is 17.5 Å². The summed E-state index contributed by atoms with van der Waals surface area (Å²) in [6.45, 7) is 1.71. The lowest BCUT2D eigenvalue weighted by molar-refractivity contribution is -0.134. The maximum Gasteiger partial charge on any atom is 0.363 e. The first kappa shape index (κ1) is 17.4. The van der Waals surface area contributed by atoms with Gasteiger partial charge in [0.05, 0.1) is 7.11 Å². The second kappa shape index (κ2) is 7.65. The molecule has 0 N–H and O–H groups in total. The van der Waals surface area contributed by atoms with Gasteiger partial charge in [0.25, 0.3) is 0 Å². The van der Waals surface area contributed by atoms with Crippen molar-refractivity contribution in [3.63, 3.8) is 0 Å². The van der Waals surface area contributed by atoms with Crippen molar-refractivity contribution in [3.05, 3.63) is 65.4 Å². The number of carbonyl (C=O) groups is 2. The highest BCUT2D eigenvalue weighted by molar-refractivity contribution is 6.13. The van der Waals surface area contributed by atoms with Crippen LogP contribution in [0.1, 0.15) is 24.5 Å². The predicted octanol–water partition coefficient (Wildman–Crippen LogP) is 3.36. The number of ether oxygens (including phenoxy) is 3. The van der Waals surface area contributed by atoms with Crippen LogP contribution in [0, 0.1) is 0 Å². The highest BCUT2D eigenvalue weighted by Crippen LogP contribution is 2.25. The molecule has 1 aliphatic heterocycles. The fraction of sp³-hybridized carbons (Fsp3) is 0.150. The van der Waals surface area contributed by atoms with Gasteiger partial charge in [0.2, 0.25) is 5.90 Å². The van der Waals surface area contributed by atoms with Gasteiger partial charge in [0.1, 0.15) is 11.5 Å². The van der Waals surface area contributed by atoms with E-state index in [1.54, 1.807) is 62.6 Å². The quantitative estimate of drug-likeness (QED) is 0.469. The van der Waals surface area contributed by atoms with E-state index >= 15 is 0 Å². The molecule has 0 bridgehead atoms. The Kier molecular flexibility index (Phi) is 5.12. The van der Waals surface area contributed by atoms with Gasteiger partial charge in [-0.25, -0.2) is 9.79 Å². The molecule has 2 aromatic carbocycles. The summed E-state index contributed by atoms with van der Waals surface area (Å²) in [5.41, 5.74) is 1.33. The molecule has 0 amide bonds. The largest absolute Gasteiger partial charge is 0.497 e. The summed E-state index contributed by atoms with van der Waals surface area (Å²) in [5.74, 6) is 0.272. The Hall–Kier alpha value is -3.41. The summed E-state index contributed by atoms with van der Waals surface area (Å²) in [6.07, 6.45) is 1.79. The monoisotopic (exact) mass is 351 g/mol. The predicted molar refractivity (Wildman–Crippen MR) is 96.0 cm³/mol. The van der Waals surface area contributed by atoms with Gasteiger partial charge in [-0.15, -0.1) is 0 Å². The third kappa shape index (κ3) is 3.80. The number of rotatable bonds is 5. The van der Waals surface area contributed by atoms with Crippen molar-refractivity contribution >= 4 is 23.9 Å². The molecule has 132 valence electrons. The molecule has 26 heavy (non-hydrogen) atoms. The van der Waals surface area contributed by atoms with Gasteiger partial charge in [0.15, 0.2) is 5.70 Å². The lowest BCUT2D eigenvalue weighted by Crippen LogP contribution is -2.07. The minimum atomic E-state index is -0.570. The smallest absolute Gasteiger partial charge is 0.363 e. The van der Waals surface area contributed by atoms with E-state index in [-0.39, 0.29) is 24.0 Å². The van der Waals surface area contributed by atoms with Crippen LogP contribution < -0.4 is 9.47 Å². The zero-order valence-corrected chi connectivity index (χ0v) is 14.4. The zero-order valence-electron chi connectivity index (χ0n) is 14.4. The number of hydrogen-bond donors (Lipinski definition) is 0. The average molecular weight is 351 g/mol. The second-order valence-electron chi connectivity index (χ2n) is 5.43. The van der Waals surface area contributed by atoms with Crippen molar-refractivity contribution in [2.45, 2.75) is 13.3 Å². The number of carbonyl (C=O) groups excluding carboxylic acids is 2. The van der Waals surface area contributed by atoms with Crippen molar-refractivity contribution in [1.82, 2.24) is 0 Å². The summed E-state index contributed by atoms with van der Waals surface area (Å²) in [5, 5.41) is 0. The molecule has 0 saturated heterocycles. The molecule has 0 atom stereocenters. The number of nitrogens with zero attached hydrogens (tertiary/aromatic N) is 1. The highest BCUT2D eigenvalue weighted by Gasteiger charge is 2.25. The Balaban J connectivity index is 1.93. The topological polar surface area (TPSA) is 74.2 Å². The van der Waals surface area contributed by atoms with E-state index in [0.717, 1.165) is 0 Å². The lowest BCUT2D eigenvalue weighted by Gasteiger charge is -2.06. The van der Waals surface area contributed by atoms with E-state index in [2.05, 4.69) is 4.99 Å². The Morgan fingerprint density at radius 2 is 2.00 bits per heavy atom. The first-order valence-corrected chi connectivity index (χ1v) is 8.07. The maximum absolute atomic E-state index is 12.2. The molecular formula is C20H17NO5. The van der Waals surface area contributed by atoms with Crippen molar-refractivity contribution in [2.75, 3.05) is 7.11 Å². The van der Waals surface area contributed by atoms with Crippen LogP contribution in [-0.4, -0.2) is 24.9 Å². The van der Waals surface area contributed by atoms with Crippen LogP contribution in [-0.2, 0) is 14.3 Å². The fourth-order valence-electron chi connectivity index (χ4n) is 2.32. The summed E-state index contributed by atoms with van der Waals surface area (Å²) >= 11 is 0. The van der Waals surface area contributed by atoms with Crippen LogP contribution in [0.5, 0.6) is 11.5 Å². The van der Waals surface area contributed by atoms with Crippen LogP contribution in [0.25, 0.3) is 6.08 Å². The Morgan fingerprint density at radius 3 is 2.77 bits per heavy atom. The molecule has 6 nitrogen and oxygen atoms in total. The first-order valence-electron chi connectivity index (χ1n) is 8.07. The number of esters is 2. The molecule has 0 aromatic heterocycles. The minimum absolute atomic E-state index is 0.128. The Morgan fingerprint density at radius 1 is 1.19 bits per heavy atom. The molecule has 0 spiro atoms. The molecule has 2 aromatic rings. The van der Waals surface area contributed by atoms with Crippen LogP contribution in [0.15, 0.2) is 59.2 Å². The van der Waals surface area contributed by atoms with Crippen LogP contribution in [0.3, 0.4) is 0 Å². The van der Waals surface area contributed by atoms with E-state index in [0.29, 0.717) is 22.6 Å². The standard InChI is InChI=1S/C20H17NO5/c1-3-18(22)25-17-10-5-4-7-13(17)12-16-20(23)26-19(21-16)14-8-6-9-15(11-14)24-2/h4-12H,3H2,1-2H3/b16-12-. The molecule has 0 unspecified atom stereocenters. The molecule has 1 aliphatic rings. The summed E-state index contributed by atoms with van der Waals surface area (Å²) in [4.78, 5) is 28.0. The van der Waals surface area contributed by atoms with E-state index in [1.807, 2.05) is 0 Å². The van der Waals surface area contributed by atoms with Gasteiger partial charge < -0.3 is 14.2 Å². The Labute approximate surface area is 150 Å². The third-order valence-corrected chi connectivity index (χ3v) is 3.66. The minimum Gasteiger partial charge on any atom is -0.497 e. The number of aliphatic imine (C=N–C) groups is 1. The van der Waals surface area contributed by atoms with Gasteiger partial charge in [-0.2, -0.15) is 0 Å². The lowest BCUT2D eigenvalue weighted by atomic mass is 10.1. The summed E-state index contributed by atoms with van der Waals surface area (Å²) in [7, 11) is 1.56. The third-order valence-electron chi connectivity index (χ3n) is 3.66. The van der Waals surface area contributed by atoms with Crippen LogP contribution >= 0.6 is 0 Å². The zero-order chi connectivity index (χ0) is 18.5. The van der Waals surface area contributed by atoms with Crippen LogP contribution in [0.2, 0.25) is 0 Å². The van der Waals surface area contributed by atoms with E-state index in [4.69, 9.17) is 14.2 Å².